The summed E-state index contributed by atoms with van der Waals surface area (Å²) in [7, 11) is -3.42. The summed E-state index contributed by atoms with van der Waals surface area (Å²) in [6.07, 6.45) is -0.0177. The van der Waals surface area contributed by atoms with Gasteiger partial charge in [0.2, 0.25) is 0 Å². The van der Waals surface area contributed by atoms with Gasteiger partial charge in [-0.3, -0.25) is 0 Å². The lowest BCUT2D eigenvalue weighted by Gasteiger charge is -2.28. The summed E-state index contributed by atoms with van der Waals surface area (Å²) in [6.45, 7) is 5.26. The van der Waals surface area contributed by atoms with Crippen molar-refractivity contribution in [2.45, 2.75) is 31.8 Å². The van der Waals surface area contributed by atoms with Crippen LogP contribution in [0.2, 0.25) is 10.0 Å². The average molecular weight is 455 g/mol. The zero-order chi connectivity index (χ0) is 22.0. The average Bonchev–Trinajstić information content (AvgIpc) is 2.57. The molecule has 0 fully saturated rings. The van der Waals surface area contributed by atoms with Gasteiger partial charge in [0.05, 0.1) is 15.5 Å². The van der Waals surface area contributed by atoms with Crippen LogP contribution in [-0.4, -0.2) is 31.9 Å². The van der Waals surface area contributed by atoms with Crippen molar-refractivity contribution in [1.29, 1.82) is 0 Å². The summed E-state index contributed by atoms with van der Waals surface area (Å²) in [5.74, 6) is 4.82. The Kier molecular flexibility index (Phi) is 6.89. The third-order valence-corrected chi connectivity index (χ3v) is 5.57. The number of aliphatic carboxylic acids is 1. The van der Waals surface area contributed by atoms with Gasteiger partial charge in [-0.15, -0.1) is 0 Å². The fourth-order valence-corrected chi connectivity index (χ4v) is 3.38. The molecular weight excluding hydrogens is 435 g/mol. The molecule has 2 aromatic rings. The summed E-state index contributed by atoms with van der Waals surface area (Å²) in [5.41, 5.74) is 0.00322. The quantitative estimate of drug-likeness (QED) is 0.678. The largest absolute Gasteiger partial charge is 0.478 e. The summed E-state index contributed by atoms with van der Waals surface area (Å²) < 4.78 is 29.3. The van der Waals surface area contributed by atoms with Crippen LogP contribution in [0.15, 0.2) is 41.3 Å². The number of benzene rings is 2. The van der Waals surface area contributed by atoms with Crippen molar-refractivity contribution in [3.63, 3.8) is 0 Å². The van der Waals surface area contributed by atoms with Crippen LogP contribution in [0.1, 0.15) is 31.9 Å². The first-order chi connectivity index (χ1) is 13.3. The van der Waals surface area contributed by atoms with Gasteiger partial charge in [-0.25, -0.2) is 13.2 Å². The van der Waals surface area contributed by atoms with E-state index < -0.39 is 27.3 Å². The Morgan fingerprint density at radius 3 is 2.24 bits per heavy atom. The molecule has 154 valence electrons. The Labute approximate surface area is 180 Å². The van der Waals surface area contributed by atoms with Crippen molar-refractivity contribution in [2.75, 3.05) is 6.26 Å². The molecule has 0 amide bonds. The van der Waals surface area contributed by atoms with Gasteiger partial charge in [0, 0.05) is 22.3 Å². The molecule has 0 spiro atoms. The van der Waals surface area contributed by atoms with E-state index in [-0.39, 0.29) is 15.7 Å². The Bertz CT molecular complexity index is 1110. The maximum atomic E-state index is 11.8. The first-order valence-electron chi connectivity index (χ1n) is 8.49. The van der Waals surface area contributed by atoms with E-state index >= 15 is 0 Å². The maximum absolute atomic E-state index is 11.8. The Morgan fingerprint density at radius 1 is 1.07 bits per heavy atom. The molecule has 0 radical (unpaired) electrons. The first kappa shape index (κ1) is 23.1. The second-order valence-corrected chi connectivity index (χ2v) is 10.4. The molecule has 2 rings (SSSR count). The van der Waals surface area contributed by atoms with Crippen LogP contribution < -0.4 is 4.74 Å². The summed E-state index contributed by atoms with van der Waals surface area (Å²) in [5, 5.41) is 10.2. The smallest absolute Gasteiger partial charge is 0.345 e. The molecule has 0 aliphatic heterocycles. The zero-order valence-corrected chi connectivity index (χ0v) is 18.6. The van der Waals surface area contributed by atoms with Crippen LogP contribution in [-0.2, 0) is 14.6 Å². The molecule has 1 unspecified atom stereocenters. The Hall–Kier alpha value is -2.20. The summed E-state index contributed by atoms with van der Waals surface area (Å²) in [4.78, 5) is 11.7. The van der Waals surface area contributed by atoms with Crippen molar-refractivity contribution in [3.05, 3.63) is 57.6 Å². The van der Waals surface area contributed by atoms with Crippen molar-refractivity contribution in [1.82, 2.24) is 0 Å². The third kappa shape index (κ3) is 6.14. The standard InChI is InChI=1S/C21H20Cl2O5S/c1-21(2,3)19(20(24)25)28-18-10-7-15(22)11-14(18)6-5-13-12-16(29(4,26)27)8-9-17(13)23/h7-12,19H,1-4H3,(H,24,25). The third-order valence-electron chi connectivity index (χ3n) is 3.90. The predicted molar refractivity (Wildman–Crippen MR) is 114 cm³/mol. The highest BCUT2D eigenvalue weighted by Gasteiger charge is 2.33. The van der Waals surface area contributed by atoms with Crippen molar-refractivity contribution in [3.8, 4) is 17.6 Å². The molecule has 1 atom stereocenters. The highest BCUT2D eigenvalue weighted by Crippen LogP contribution is 2.29. The minimum atomic E-state index is -3.42. The van der Waals surface area contributed by atoms with Gasteiger partial charge in [0.1, 0.15) is 5.75 Å². The van der Waals surface area contributed by atoms with E-state index in [9.17, 15) is 18.3 Å². The lowest BCUT2D eigenvalue weighted by atomic mass is 9.89. The molecule has 0 aromatic heterocycles. The molecule has 0 aliphatic rings. The SMILES string of the molecule is CC(C)(C)C(Oc1ccc(Cl)cc1C#Cc1cc(S(C)(=O)=O)ccc1Cl)C(=O)O. The molecule has 0 aliphatic carbocycles. The van der Waals surface area contributed by atoms with E-state index in [0.717, 1.165) is 6.26 Å². The minimum absolute atomic E-state index is 0.0902. The van der Waals surface area contributed by atoms with Crippen LogP contribution in [0.4, 0.5) is 0 Å². The van der Waals surface area contributed by atoms with Gasteiger partial charge < -0.3 is 9.84 Å². The first-order valence-corrected chi connectivity index (χ1v) is 11.1. The molecule has 0 bridgehead atoms. The molecule has 2 aromatic carbocycles. The fraction of sp³-hybridized carbons (Fsp3) is 0.286. The van der Waals surface area contributed by atoms with Crippen molar-refractivity contribution in [2.24, 2.45) is 5.41 Å². The molecule has 0 heterocycles. The maximum Gasteiger partial charge on any atom is 0.345 e. The number of hydrogen-bond acceptors (Lipinski definition) is 4. The van der Waals surface area contributed by atoms with E-state index in [0.29, 0.717) is 16.1 Å². The number of carboxylic acid groups (broad SMARTS) is 1. The highest BCUT2D eigenvalue weighted by molar-refractivity contribution is 7.90. The number of ether oxygens (including phenoxy) is 1. The number of rotatable bonds is 4. The molecule has 0 saturated carbocycles. The monoisotopic (exact) mass is 454 g/mol. The number of carbonyl (C=O) groups is 1. The topological polar surface area (TPSA) is 80.7 Å². The number of hydrogen-bond donors (Lipinski definition) is 1. The van der Waals surface area contributed by atoms with Gasteiger partial charge in [-0.1, -0.05) is 55.8 Å². The van der Waals surface area contributed by atoms with Gasteiger partial charge in [-0.05, 0) is 36.4 Å². The summed E-state index contributed by atoms with van der Waals surface area (Å²) in [6, 6.07) is 8.89. The van der Waals surface area contributed by atoms with Gasteiger partial charge in [-0.2, -0.15) is 0 Å². The van der Waals surface area contributed by atoms with Crippen LogP contribution in [0.25, 0.3) is 0 Å². The second-order valence-electron chi connectivity index (χ2n) is 7.51. The molecule has 29 heavy (non-hydrogen) atoms. The van der Waals surface area contributed by atoms with Gasteiger partial charge >= 0.3 is 5.97 Å². The minimum Gasteiger partial charge on any atom is -0.478 e. The number of carboxylic acids is 1. The van der Waals surface area contributed by atoms with E-state index in [4.69, 9.17) is 27.9 Å². The van der Waals surface area contributed by atoms with E-state index in [1.165, 1.54) is 18.2 Å². The van der Waals surface area contributed by atoms with Crippen LogP contribution in [0, 0.1) is 17.3 Å². The van der Waals surface area contributed by atoms with Crippen molar-refractivity contribution < 1.29 is 23.1 Å². The van der Waals surface area contributed by atoms with Gasteiger partial charge in [0.15, 0.2) is 15.9 Å². The molecule has 5 nitrogen and oxygen atoms in total. The van der Waals surface area contributed by atoms with Crippen LogP contribution in [0.3, 0.4) is 0 Å². The molecule has 8 heteroatoms. The number of halogens is 2. The van der Waals surface area contributed by atoms with E-state index in [1.54, 1.807) is 39.0 Å². The normalized spacial score (nSPS) is 12.6. The lowest BCUT2D eigenvalue weighted by molar-refractivity contribution is -0.150. The molecule has 1 N–H and O–H groups in total. The zero-order valence-electron chi connectivity index (χ0n) is 16.3. The fourth-order valence-electron chi connectivity index (χ4n) is 2.39. The van der Waals surface area contributed by atoms with Crippen LogP contribution in [0.5, 0.6) is 5.75 Å². The Balaban J connectivity index is 2.51. The predicted octanol–water partition coefficient (Wildman–Crippen LogP) is 4.67. The van der Waals surface area contributed by atoms with Crippen LogP contribution >= 0.6 is 23.2 Å². The van der Waals surface area contributed by atoms with Crippen molar-refractivity contribution >= 4 is 39.0 Å². The summed E-state index contributed by atoms with van der Waals surface area (Å²) >= 11 is 12.2. The van der Waals surface area contributed by atoms with E-state index in [2.05, 4.69) is 11.8 Å². The lowest BCUT2D eigenvalue weighted by Crippen LogP contribution is -2.39. The molecular formula is C21H20Cl2O5S. The highest BCUT2D eigenvalue weighted by atomic mass is 35.5. The molecule has 0 saturated heterocycles. The van der Waals surface area contributed by atoms with E-state index in [1.807, 2.05) is 0 Å². The second kappa shape index (κ2) is 8.66. The number of sulfone groups is 1. The van der Waals surface area contributed by atoms with Gasteiger partial charge in [0.25, 0.3) is 0 Å². The Morgan fingerprint density at radius 2 is 1.69 bits per heavy atom.